The number of anilines is 3. The van der Waals surface area contributed by atoms with Crippen molar-refractivity contribution in [1.29, 1.82) is 0 Å². The van der Waals surface area contributed by atoms with Crippen molar-refractivity contribution < 1.29 is 13.6 Å². The number of rotatable bonds is 4. The normalized spacial score (nSPS) is 10.5. The molecule has 3 aromatic rings. The Kier molecular flexibility index (Phi) is 4.88. The molecule has 0 radical (unpaired) electrons. The van der Waals surface area contributed by atoms with E-state index < -0.39 is 17.7 Å². The third kappa shape index (κ3) is 3.83. The van der Waals surface area contributed by atoms with Crippen molar-refractivity contribution in [3.8, 4) is 0 Å². The van der Waals surface area contributed by atoms with Gasteiger partial charge in [0.25, 0.3) is 5.91 Å². The second-order valence-corrected chi connectivity index (χ2v) is 5.81. The van der Waals surface area contributed by atoms with Crippen molar-refractivity contribution in [2.45, 2.75) is 13.8 Å². The van der Waals surface area contributed by atoms with Gasteiger partial charge in [-0.05, 0) is 49.2 Å². The molecule has 5 nitrogen and oxygen atoms in total. The van der Waals surface area contributed by atoms with Crippen LogP contribution in [0.25, 0.3) is 0 Å². The third-order valence-electron chi connectivity index (χ3n) is 3.79. The van der Waals surface area contributed by atoms with Crippen LogP contribution in [0.1, 0.15) is 21.5 Å². The Morgan fingerprint density at radius 3 is 2.54 bits per heavy atom. The number of carbonyl (C=O) groups excluding carboxylic acids is 1. The number of nitrogens with one attached hydrogen (secondary N) is 2. The summed E-state index contributed by atoms with van der Waals surface area (Å²) in [5.41, 5.74) is 2.61. The minimum atomic E-state index is -0.653. The highest BCUT2D eigenvalue weighted by molar-refractivity contribution is 6.06. The molecule has 2 heterocycles. The summed E-state index contributed by atoms with van der Waals surface area (Å²) in [5, 5.41) is 5.63. The van der Waals surface area contributed by atoms with E-state index in [9.17, 15) is 13.6 Å². The molecule has 1 amide bonds. The zero-order valence-corrected chi connectivity index (χ0v) is 14.2. The van der Waals surface area contributed by atoms with Crippen LogP contribution >= 0.6 is 0 Å². The summed E-state index contributed by atoms with van der Waals surface area (Å²) < 4.78 is 27.2. The first-order chi connectivity index (χ1) is 12.4. The van der Waals surface area contributed by atoms with E-state index in [1.54, 1.807) is 32.0 Å². The van der Waals surface area contributed by atoms with Gasteiger partial charge < -0.3 is 10.6 Å². The van der Waals surface area contributed by atoms with Gasteiger partial charge in [-0.1, -0.05) is 6.07 Å². The summed E-state index contributed by atoms with van der Waals surface area (Å²) >= 11 is 0. The van der Waals surface area contributed by atoms with Crippen molar-refractivity contribution in [3.05, 3.63) is 77.4 Å². The van der Waals surface area contributed by atoms with Gasteiger partial charge in [0.1, 0.15) is 5.82 Å². The lowest BCUT2D eigenvalue weighted by molar-refractivity contribution is 0.102. The molecule has 0 aliphatic heterocycles. The van der Waals surface area contributed by atoms with Gasteiger partial charge in [0, 0.05) is 12.4 Å². The van der Waals surface area contributed by atoms with E-state index >= 15 is 0 Å². The van der Waals surface area contributed by atoms with Gasteiger partial charge in [0.2, 0.25) is 5.95 Å². The molecule has 0 spiro atoms. The van der Waals surface area contributed by atoms with Crippen LogP contribution in [0, 0.1) is 25.6 Å². The molecule has 1 aromatic carbocycles. The predicted octanol–water partition coefficient (Wildman–Crippen LogP) is 4.37. The van der Waals surface area contributed by atoms with Crippen LogP contribution in [0.5, 0.6) is 0 Å². The standard InChI is InChI=1S/C19H16F2N4O/c1-11-3-4-15(14(20)7-11)24-17-10-22-6-5-16(17)25-19(26)13-9-23-18(21)8-12(13)2/h3-10,24H,1-2H3,(H,22,25,26). The van der Waals surface area contributed by atoms with Crippen molar-refractivity contribution in [2.75, 3.05) is 10.6 Å². The number of amides is 1. The Morgan fingerprint density at radius 1 is 1.00 bits per heavy atom. The SMILES string of the molecule is Cc1ccc(Nc2cnccc2NC(=O)c2cnc(F)cc2C)c(F)c1. The highest BCUT2D eigenvalue weighted by Crippen LogP contribution is 2.27. The number of pyridine rings is 2. The zero-order chi connectivity index (χ0) is 18.7. The molecule has 0 aliphatic carbocycles. The van der Waals surface area contributed by atoms with E-state index in [0.29, 0.717) is 16.9 Å². The van der Waals surface area contributed by atoms with Crippen LogP contribution in [0.4, 0.5) is 25.8 Å². The van der Waals surface area contributed by atoms with E-state index in [2.05, 4.69) is 20.6 Å². The summed E-state index contributed by atoms with van der Waals surface area (Å²) in [5.74, 6) is -1.52. The molecule has 0 atom stereocenters. The fourth-order valence-corrected chi connectivity index (χ4v) is 2.42. The minimum absolute atomic E-state index is 0.246. The number of carbonyl (C=O) groups is 1. The summed E-state index contributed by atoms with van der Waals surface area (Å²) in [4.78, 5) is 20.0. The number of hydrogen-bond donors (Lipinski definition) is 2. The Balaban J connectivity index is 1.86. The van der Waals surface area contributed by atoms with Gasteiger partial charge in [-0.3, -0.25) is 9.78 Å². The fourth-order valence-electron chi connectivity index (χ4n) is 2.42. The minimum Gasteiger partial charge on any atom is -0.350 e. The van der Waals surface area contributed by atoms with Crippen molar-refractivity contribution >= 4 is 23.0 Å². The maximum atomic E-state index is 14.1. The molecule has 0 bridgehead atoms. The number of nitrogens with zero attached hydrogens (tertiary/aromatic N) is 2. The van der Waals surface area contributed by atoms with Crippen molar-refractivity contribution in [3.63, 3.8) is 0 Å². The molecule has 0 aliphatic rings. The van der Waals surface area contributed by atoms with Crippen molar-refractivity contribution in [2.24, 2.45) is 0 Å². The van der Waals surface area contributed by atoms with Gasteiger partial charge in [0.15, 0.2) is 0 Å². The molecule has 0 fully saturated rings. The molecule has 26 heavy (non-hydrogen) atoms. The van der Waals surface area contributed by atoms with E-state index in [1.165, 1.54) is 30.7 Å². The Labute approximate surface area is 149 Å². The molecular weight excluding hydrogens is 338 g/mol. The van der Waals surface area contributed by atoms with E-state index in [4.69, 9.17) is 0 Å². The maximum absolute atomic E-state index is 14.1. The quantitative estimate of drug-likeness (QED) is 0.683. The summed E-state index contributed by atoms with van der Waals surface area (Å²) in [6.07, 6.45) is 4.15. The van der Waals surface area contributed by atoms with E-state index in [-0.39, 0.29) is 11.3 Å². The largest absolute Gasteiger partial charge is 0.350 e. The van der Waals surface area contributed by atoms with Gasteiger partial charge in [-0.15, -0.1) is 0 Å². The smallest absolute Gasteiger partial charge is 0.257 e. The van der Waals surface area contributed by atoms with Crippen LogP contribution < -0.4 is 10.6 Å². The van der Waals surface area contributed by atoms with E-state index in [1.807, 2.05) is 0 Å². The molecule has 3 rings (SSSR count). The van der Waals surface area contributed by atoms with Gasteiger partial charge >= 0.3 is 0 Å². The first-order valence-electron chi connectivity index (χ1n) is 7.85. The predicted molar refractivity (Wildman–Crippen MR) is 95.5 cm³/mol. The Morgan fingerprint density at radius 2 is 1.81 bits per heavy atom. The maximum Gasteiger partial charge on any atom is 0.257 e. The number of halogens is 2. The first kappa shape index (κ1) is 17.5. The number of benzene rings is 1. The van der Waals surface area contributed by atoms with Crippen molar-refractivity contribution in [1.82, 2.24) is 9.97 Å². The molecule has 132 valence electrons. The van der Waals surface area contributed by atoms with Crippen LogP contribution in [-0.2, 0) is 0 Å². The summed E-state index contributed by atoms with van der Waals surface area (Å²) in [7, 11) is 0. The second-order valence-electron chi connectivity index (χ2n) is 5.81. The molecule has 2 N–H and O–H groups in total. The topological polar surface area (TPSA) is 66.9 Å². The second kappa shape index (κ2) is 7.26. The van der Waals surface area contributed by atoms with Crippen LogP contribution in [0.3, 0.4) is 0 Å². The lowest BCUT2D eigenvalue weighted by atomic mass is 10.1. The molecule has 2 aromatic heterocycles. The number of hydrogen-bond acceptors (Lipinski definition) is 4. The highest BCUT2D eigenvalue weighted by Gasteiger charge is 2.14. The molecule has 0 unspecified atom stereocenters. The first-order valence-corrected chi connectivity index (χ1v) is 7.85. The Hall–Kier alpha value is -3.35. The fraction of sp³-hybridized carbons (Fsp3) is 0.105. The monoisotopic (exact) mass is 354 g/mol. The average Bonchev–Trinajstić information content (AvgIpc) is 2.58. The summed E-state index contributed by atoms with van der Waals surface area (Å²) in [6.45, 7) is 3.41. The number of aromatic nitrogens is 2. The van der Waals surface area contributed by atoms with E-state index in [0.717, 1.165) is 5.56 Å². The zero-order valence-electron chi connectivity index (χ0n) is 14.2. The molecule has 7 heteroatoms. The molecule has 0 saturated heterocycles. The summed E-state index contributed by atoms with van der Waals surface area (Å²) in [6, 6.07) is 7.55. The lowest BCUT2D eigenvalue weighted by Crippen LogP contribution is -2.15. The van der Waals surface area contributed by atoms with Gasteiger partial charge in [0.05, 0.1) is 28.8 Å². The average molecular weight is 354 g/mol. The molecule has 0 saturated carbocycles. The highest BCUT2D eigenvalue weighted by atomic mass is 19.1. The van der Waals surface area contributed by atoms with Crippen LogP contribution in [0.2, 0.25) is 0 Å². The molecular formula is C19H16F2N4O. The third-order valence-corrected chi connectivity index (χ3v) is 3.79. The van der Waals surface area contributed by atoms with Crippen LogP contribution in [-0.4, -0.2) is 15.9 Å². The lowest BCUT2D eigenvalue weighted by Gasteiger charge is -2.14. The van der Waals surface area contributed by atoms with Gasteiger partial charge in [-0.2, -0.15) is 4.39 Å². The van der Waals surface area contributed by atoms with Gasteiger partial charge in [-0.25, -0.2) is 9.37 Å². The number of aryl methyl sites for hydroxylation is 2. The Bertz CT molecular complexity index is 976. The van der Waals surface area contributed by atoms with Crippen LogP contribution in [0.15, 0.2) is 48.9 Å².